The number of H-pyrrole nitrogens is 2. The minimum atomic E-state index is -0.197. The number of nitrogens with zero attached hydrogens (tertiary/aromatic N) is 2. The monoisotopic (exact) mass is 246 g/mol. The van der Waals surface area contributed by atoms with Crippen molar-refractivity contribution in [3.05, 3.63) is 51.7 Å². The Kier molecular flexibility index (Phi) is 4.03. The maximum Gasteiger partial charge on any atom is 0.273 e. The zero-order valence-electron chi connectivity index (χ0n) is 10.0. The highest BCUT2D eigenvalue weighted by atomic mass is 16.5. The third-order valence-electron chi connectivity index (χ3n) is 2.40. The Morgan fingerprint density at radius 2 is 2.39 bits per heavy atom. The molecule has 0 bridgehead atoms. The molecule has 6 heteroatoms. The highest BCUT2D eigenvalue weighted by Gasteiger charge is 2.06. The van der Waals surface area contributed by atoms with Crippen molar-refractivity contribution in [3.8, 4) is 0 Å². The molecule has 0 amide bonds. The second-order valence-corrected chi connectivity index (χ2v) is 3.74. The molecule has 2 N–H and O–H groups in total. The number of nitrogens with one attached hydrogen (secondary N) is 2. The number of methoxy groups -OCH3 is 1. The first kappa shape index (κ1) is 12.3. The minimum Gasteiger partial charge on any atom is -0.378 e. The second kappa shape index (κ2) is 5.92. The summed E-state index contributed by atoms with van der Waals surface area (Å²) in [5, 5.41) is 5.26. The molecule has 2 rings (SSSR count). The van der Waals surface area contributed by atoms with Crippen molar-refractivity contribution in [3.63, 3.8) is 0 Å². The first-order valence-corrected chi connectivity index (χ1v) is 5.48. The molecule has 0 aliphatic carbocycles. The summed E-state index contributed by atoms with van der Waals surface area (Å²) in [7, 11) is 1.57. The minimum absolute atomic E-state index is 0.197. The van der Waals surface area contributed by atoms with Crippen LogP contribution in [0.15, 0.2) is 34.3 Å². The van der Waals surface area contributed by atoms with Crippen LogP contribution in [0.4, 0.5) is 0 Å². The summed E-state index contributed by atoms with van der Waals surface area (Å²) in [6.45, 7) is 0.831. The Bertz CT molecular complexity index is 571. The second-order valence-electron chi connectivity index (χ2n) is 3.74. The van der Waals surface area contributed by atoms with E-state index in [-0.39, 0.29) is 5.56 Å². The smallest absolute Gasteiger partial charge is 0.273 e. The van der Waals surface area contributed by atoms with Crippen LogP contribution in [0.5, 0.6) is 0 Å². The van der Waals surface area contributed by atoms with Crippen molar-refractivity contribution in [1.82, 2.24) is 15.2 Å². The van der Waals surface area contributed by atoms with Crippen molar-refractivity contribution < 1.29 is 4.74 Å². The zero-order valence-corrected chi connectivity index (χ0v) is 10.0. The molecule has 0 aliphatic heterocycles. The van der Waals surface area contributed by atoms with Gasteiger partial charge in [-0.3, -0.25) is 25.0 Å². The standard InChI is InChI=1S/C12H14N4O2/c1-18-8-11-10(12(17)16-15-11)7-14-6-9-3-2-4-13-5-9/h2-5,7H,6,8H2,1H3,(H2,15,16,17). The predicted octanol–water partition coefficient (Wildman–Crippen LogP) is 0.864. The number of aliphatic imine (C=N–C) groups is 1. The average molecular weight is 246 g/mol. The molecular formula is C12H14N4O2. The van der Waals surface area contributed by atoms with Gasteiger partial charge in [0.05, 0.1) is 24.4 Å². The maximum absolute atomic E-state index is 11.5. The van der Waals surface area contributed by atoms with Crippen LogP contribution < -0.4 is 5.56 Å². The van der Waals surface area contributed by atoms with Gasteiger partial charge in [-0.1, -0.05) is 6.07 Å². The largest absolute Gasteiger partial charge is 0.378 e. The summed E-state index contributed by atoms with van der Waals surface area (Å²) in [6.07, 6.45) is 5.01. The first-order valence-electron chi connectivity index (χ1n) is 5.48. The van der Waals surface area contributed by atoms with E-state index in [2.05, 4.69) is 20.2 Å². The van der Waals surface area contributed by atoms with Gasteiger partial charge in [0.15, 0.2) is 0 Å². The fourth-order valence-corrected chi connectivity index (χ4v) is 1.53. The van der Waals surface area contributed by atoms with Crippen LogP contribution in [0, 0.1) is 0 Å². The summed E-state index contributed by atoms with van der Waals surface area (Å²) in [6, 6.07) is 3.78. The topological polar surface area (TPSA) is 83.1 Å². The van der Waals surface area contributed by atoms with Crippen molar-refractivity contribution in [1.29, 1.82) is 0 Å². The lowest BCUT2D eigenvalue weighted by Gasteiger charge is -1.96. The molecule has 0 atom stereocenters. The normalized spacial score (nSPS) is 11.2. The van der Waals surface area contributed by atoms with Gasteiger partial charge in [-0.25, -0.2) is 0 Å². The van der Waals surface area contributed by atoms with Gasteiger partial charge < -0.3 is 4.74 Å². The molecule has 2 aromatic heterocycles. The van der Waals surface area contributed by atoms with Crippen LogP contribution in [-0.2, 0) is 17.9 Å². The third-order valence-corrected chi connectivity index (χ3v) is 2.40. The van der Waals surface area contributed by atoms with Crippen molar-refractivity contribution in [2.75, 3.05) is 7.11 Å². The van der Waals surface area contributed by atoms with E-state index in [1.807, 2.05) is 12.1 Å². The van der Waals surface area contributed by atoms with Crippen LogP contribution in [0.1, 0.15) is 16.8 Å². The van der Waals surface area contributed by atoms with E-state index < -0.39 is 0 Å². The van der Waals surface area contributed by atoms with Crippen LogP contribution in [0.25, 0.3) is 0 Å². The zero-order chi connectivity index (χ0) is 12.8. The quantitative estimate of drug-likeness (QED) is 0.768. The van der Waals surface area contributed by atoms with Crippen LogP contribution in [0.3, 0.4) is 0 Å². The van der Waals surface area contributed by atoms with E-state index in [0.29, 0.717) is 24.4 Å². The predicted molar refractivity (Wildman–Crippen MR) is 67.7 cm³/mol. The van der Waals surface area contributed by atoms with Gasteiger partial charge in [0.25, 0.3) is 5.56 Å². The van der Waals surface area contributed by atoms with Gasteiger partial charge in [0, 0.05) is 25.7 Å². The molecule has 94 valence electrons. The van der Waals surface area contributed by atoms with Crippen LogP contribution in [0.2, 0.25) is 0 Å². The van der Waals surface area contributed by atoms with E-state index in [9.17, 15) is 4.79 Å². The van der Waals surface area contributed by atoms with Gasteiger partial charge in [-0.05, 0) is 11.6 Å². The van der Waals surface area contributed by atoms with Crippen LogP contribution >= 0.6 is 0 Å². The fourth-order valence-electron chi connectivity index (χ4n) is 1.53. The lowest BCUT2D eigenvalue weighted by Crippen LogP contribution is -2.06. The van der Waals surface area contributed by atoms with E-state index in [1.54, 1.807) is 25.7 Å². The Hall–Kier alpha value is -2.21. The molecule has 0 fully saturated rings. The number of pyridine rings is 1. The molecular weight excluding hydrogens is 232 g/mol. The average Bonchev–Trinajstić information content (AvgIpc) is 2.73. The van der Waals surface area contributed by atoms with Crippen molar-refractivity contribution in [2.24, 2.45) is 4.99 Å². The lowest BCUT2D eigenvalue weighted by molar-refractivity contribution is 0.181. The SMILES string of the molecule is COCc1[nH][nH]c(=O)c1C=NCc1cccnc1. The summed E-state index contributed by atoms with van der Waals surface area (Å²) < 4.78 is 4.98. The molecule has 0 aliphatic rings. The maximum atomic E-state index is 11.5. The Morgan fingerprint density at radius 3 is 3.11 bits per heavy atom. The summed E-state index contributed by atoms with van der Waals surface area (Å²) in [4.78, 5) is 19.7. The fraction of sp³-hybridized carbons (Fsp3) is 0.250. The first-order chi connectivity index (χ1) is 8.81. The van der Waals surface area contributed by atoms with E-state index >= 15 is 0 Å². The van der Waals surface area contributed by atoms with E-state index in [1.165, 1.54) is 0 Å². The molecule has 0 aromatic carbocycles. The Balaban J connectivity index is 2.09. The molecule has 6 nitrogen and oxygen atoms in total. The van der Waals surface area contributed by atoms with Gasteiger partial charge in [-0.2, -0.15) is 0 Å². The highest BCUT2D eigenvalue weighted by Crippen LogP contribution is 2.01. The number of rotatable bonds is 5. The van der Waals surface area contributed by atoms with Crippen molar-refractivity contribution >= 4 is 6.21 Å². The number of hydrogen-bond donors (Lipinski definition) is 2. The molecule has 0 unspecified atom stereocenters. The van der Waals surface area contributed by atoms with Crippen molar-refractivity contribution in [2.45, 2.75) is 13.2 Å². The molecule has 18 heavy (non-hydrogen) atoms. The molecule has 2 aromatic rings. The molecule has 2 heterocycles. The van der Waals surface area contributed by atoms with E-state index in [4.69, 9.17) is 4.74 Å². The van der Waals surface area contributed by atoms with Crippen LogP contribution in [-0.4, -0.2) is 28.5 Å². The number of hydrogen-bond acceptors (Lipinski definition) is 4. The van der Waals surface area contributed by atoms with E-state index in [0.717, 1.165) is 5.56 Å². The molecule has 0 saturated carbocycles. The van der Waals surface area contributed by atoms with Gasteiger partial charge in [0.1, 0.15) is 0 Å². The third kappa shape index (κ3) is 2.92. The summed E-state index contributed by atoms with van der Waals surface area (Å²) in [5.41, 5.74) is 1.99. The number of aromatic nitrogens is 3. The molecule has 0 saturated heterocycles. The number of ether oxygens (including phenoxy) is 1. The Morgan fingerprint density at radius 1 is 1.50 bits per heavy atom. The summed E-state index contributed by atoms with van der Waals surface area (Å²) >= 11 is 0. The lowest BCUT2D eigenvalue weighted by atomic mass is 10.2. The molecule has 0 radical (unpaired) electrons. The van der Waals surface area contributed by atoms with Gasteiger partial charge in [-0.15, -0.1) is 0 Å². The Labute approximate surface area is 104 Å². The highest BCUT2D eigenvalue weighted by molar-refractivity contribution is 5.80. The number of aromatic amines is 2. The molecule has 0 spiro atoms. The van der Waals surface area contributed by atoms with Gasteiger partial charge in [0.2, 0.25) is 0 Å². The summed E-state index contributed by atoms with van der Waals surface area (Å²) in [5.74, 6) is 0. The van der Waals surface area contributed by atoms with Gasteiger partial charge >= 0.3 is 0 Å².